The van der Waals surface area contributed by atoms with Crippen molar-refractivity contribution in [3.63, 3.8) is 0 Å². The lowest BCUT2D eigenvalue weighted by Crippen LogP contribution is -2.38. The summed E-state index contributed by atoms with van der Waals surface area (Å²) >= 11 is 0. The third-order valence-electron chi connectivity index (χ3n) is 4.91. The summed E-state index contributed by atoms with van der Waals surface area (Å²) in [6, 6.07) is 7.96. The van der Waals surface area contributed by atoms with Gasteiger partial charge < -0.3 is 14.1 Å². The molecule has 0 aliphatic heterocycles. The van der Waals surface area contributed by atoms with Crippen molar-refractivity contribution in [1.29, 1.82) is 0 Å². The van der Waals surface area contributed by atoms with Gasteiger partial charge in [-0.1, -0.05) is 6.07 Å². The monoisotopic (exact) mass is 449 g/mol. The van der Waals surface area contributed by atoms with Gasteiger partial charge >= 0.3 is 6.18 Å². The highest BCUT2D eigenvalue weighted by Crippen LogP contribution is 2.31. The Morgan fingerprint density at radius 1 is 1.19 bits per heavy atom. The van der Waals surface area contributed by atoms with E-state index in [0.29, 0.717) is 5.76 Å². The van der Waals surface area contributed by atoms with Crippen LogP contribution in [0.5, 0.6) is 0 Å². The molecule has 3 aromatic rings. The van der Waals surface area contributed by atoms with Gasteiger partial charge in [0.25, 0.3) is 11.7 Å². The highest BCUT2D eigenvalue weighted by molar-refractivity contribution is 6.43. The number of rotatable bonds is 8. The van der Waals surface area contributed by atoms with E-state index in [1.54, 1.807) is 12.1 Å². The SMILES string of the molecule is COCCN(Cc1ccco1)C(=O)C(=O)c1c(C)nn(-c2cccc(C(F)(F)F)c2)c1C. The maximum Gasteiger partial charge on any atom is 0.416 e. The Hall–Kier alpha value is -3.40. The number of hydrogen-bond acceptors (Lipinski definition) is 5. The number of benzene rings is 1. The summed E-state index contributed by atoms with van der Waals surface area (Å²) in [6.07, 6.45) is -3.06. The van der Waals surface area contributed by atoms with Crippen LogP contribution in [0.15, 0.2) is 47.1 Å². The van der Waals surface area contributed by atoms with Gasteiger partial charge in [-0.3, -0.25) is 9.59 Å². The first kappa shape index (κ1) is 23.3. The van der Waals surface area contributed by atoms with Crippen LogP contribution in [0.1, 0.15) is 33.1 Å². The summed E-state index contributed by atoms with van der Waals surface area (Å²) in [5.41, 5.74) is -0.142. The van der Waals surface area contributed by atoms with E-state index in [9.17, 15) is 22.8 Å². The first-order chi connectivity index (χ1) is 15.1. The zero-order valence-electron chi connectivity index (χ0n) is 17.8. The smallest absolute Gasteiger partial charge is 0.416 e. The quantitative estimate of drug-likeness (QED) is 0.384. The average molecular weight is 449 g/mol. The van der Waals surface area contributed by atoms with Crippen molar-refractivity contribution in [1.82, 2.24) is 14.7 Å². The Balaban J connectivity index is 1.93. The summed E-state index contributed by atoms with van der Waals surface area (Å²) in [5.74, 6) is -1.09. The van der Waals surface area contributed by atoms with Crippen LogP contribution in [0.4, 0.5) is 13.2 Å². The molecule has 0 aliphatic carbocycles. The molecule has 0 spiro atoms. The zero-order chi connectivity index (χ0) is 23.5. The molecule has 7 nitrogen and oxygen atoms in total. The number of methoxy groups -OCH3 is 1. The van der Waals surface area contributed by atoms with Crippen LogP contribution < -0.4 is 0 Å². The molecule has 2 aromatic heterocycles. The van der Waals surface area contributed by atoms with Crippen molar-refractivity contribution >= 4 is 11.7 Å². The number of hydrogen-bond donors (Lipinski definition) is 0. The van der Waals surface area contributed by atoms with Crippen molar-refractivity contribution in [2.24, 2.45) is 0 Å². The van der Waals surface area contributed by atoms with Gasteiger partial charge in [0.2, 0.25) is 0 Å². The maximum atomic E-state index is 13.1. The van der Waals surface area contributed by atoms with Crippen LogP contribution in [-0.4, -0.2) is 46.6 Å². The molecule has 0 unspecified atom stereocenters. The topological polar surface area (TPSA) is 77.6 Å². The number of ketones is 1. The van der Waals surface area contributed by atoms with E-state index < -0.39 is 23.4 Å². The highest BCUT2D eigenvalue weighted by Gasteiger charge is 2.32. The molecule has 0 N–H and O–H groups in total. The Morgan fingerprint density at radius 2 is 1.94 bits per heavy atom. The molecule has 0 atom stereocenters. The molecule has 10 heteroatoms. The van der Waals surface area contributed by atoms with E-state index >= 15 is 0 Å². The third kappa shape index (κ3) is 4.91. The number of alkyl halides is 3. The Kier molecular flexibility index (Phi) is 6.83. The Bertz CT molecular complexity index is 1100. The van der Waals surface area contributed by atoms with Gasteiger partial charge in [0.05, 0.1) is 47.6 Å². The second kappa shape index (κ2) is 9.39. The van der Waals surface area contributed by atoms with E-state index in [1.807, 2.05) is 0 Å². The zero-order valence-corrected chi connectivity index (χ0v) is 17.8. The minimum Gasteiger partial charge on any atom is -0.467 e. The lowest BCUT2D eigenvalue weighted by atomic mass is 10.1. The molecule has 0 saturated heterocycles. The van der Waals surface area contributed by atoms with Crippen molar-refractivity contribution in [2.45, 2.75) is 26.6 Å². The van der Waals surface area contributed by atoms with E-state index in [-0.39, 0.29) is 42.3 Å². The third-order valence-corrected chi connectivity index (χ3v) is 4.91. The van der Waals surface area contributed by atoms with Gasteiger partial charge in [-0.05, 0) is 44.2 Å². The predicted octanol–water partition coefficient (Wildman–Crippen LogP) is 3.96. The number of carbonyl (C=O) groups is 2. The lowest BCUT2D eigenvalue weighted by molar-refractivity contribution is -0.137. The number of nitrogens with zero attached hydrogens (tertiary/aromatic N) is 3. The minimum atomic E-state index is -4.52. The van der Waals surface area contributed by atoms with Gasteiger partial charge in [0.1, 0.15) is 5.76 Å². The van der Waals surface area contributed by atoms with Crippen LogP contribution in [0.2, 0.25) is 0 Å². The second-order valence-corrected chi connectivity index (χ2v) is 7.13. The van der Waals surface area contributed by atoms with Crippen LogP contribution >= 0.6 is 0 Å². The standard InChI is InChI=1S/C22H22F3N3O4/c1-14-19(15(2)28(26-14)17-7-4-6-16(12-17)22(23,24)25)20(29)21(30)27(9-11-31-3)13-18-8-5-10-32-18/h4-8,10,12H,9,11,13H2,1-3H3. The Labute approximate surface area is 182 Å². The number of furan rings is 1. The first-order valence-electron chi connectivity index (χ1n) is 9.72. The molecule has 170 valence electrons. The van der Waals surface area contributed by atoms with Crippen molar-refractivity contribution < 1.29 is 31.9 Å². The molecule has 3 rings (SSSR count). The summed E-state index contributed by atoms with van der Waals surface area (Å²) in [4.78, 5) is 27.4. The molecule has 1 aromatic carbocycles. The maximum absolute atomic E-state index is 13.1. The van der Waals surface area contributed by atoms with Crippen molar-refractivity contribution in [3.05, 3.63) is 70.9 Å². The first-order valence-corrected chi connectivity index (χ1v) is 9.72. The van der Waals surface area contributed by atoms with Gasteiger partial charge in [-0.25, -0.2) is 4.68 Å². The predicted molar refractivity (Wildman–Crippen MR) is 108 cm³/mol. The number of aryl methyl sites for hydroxylation is 1. The van der Waals surface area contributed by atoms with Gasteiger partial charge in [-0.2, -0.15) is 18.3 Å². The fourth-order valence-electron chi connectivity index (χ4n) is 3.33. The fourth-order valence-corrected chi connectivity index (χ4v) is 3.33. The summed E-state index contributed by atoms with van der Waals surface area (Å²) in [6.45, 7) is 3.50. The molecular weight excluding hydrogens is 427 g/mol. The normalized spacial score (nSPS) is 11.6. The van der Waals surface area contributed by atoms with E-state index in [0.717, 1.165) is 12.1 Å². The lowest BCUT2D eigenvalue weighted by Gasteiger charge is -2.20. The molecule has 1 amide bonds. The molecule has 0 radical (unpaired) electrons. The van der Waals surface area contributed by atoms with Crippen molar-refractivity contribution in [3.8, 4) is 5.69 Å². The molecule has 32 heavy (non-hydrogen) atoms. The summed E-state index contributed by atoms with van der Waals surface area (Å²) < 4.78 is 50.8. The summed E-state index contributed by atoms with van der Waals surface area (Å²) in [5, 5.41) is 4.22. The molecule has 0 fully saturated rings. The molecule has 0 aliphatic rings. The largest absolute Gasteiger partial charge is 0.467 e. The fraction of sp³-hybridized carbons (Fsp3) is 0.318. The minimum absolute atomic E-state index is 0.0503. The summed E-state index contributed by atoms with van der Waals surface area (Å²) in [7, 11) is 1.48. The van der Waals surface area contributed by atoms with Gasteiger partial charge in [0, 0.05) is 13.7 Å². The average Bonchev–Trinajstić information content (AvgIpc) is 3.37. The molecular formula is C22H22F3N3O4. The number of amides is 1. The van der Waals surface area contributed by atoms with E-state index in [1.165, 1.54) is 48.9 Å². The Morgan fingerprint density at radius 3 is 2.56 bits per heavy atom. The van der Waals surface area contributed by atoms with Crippen LogP contribution in [0.25, 0.3) is 5.69 Å². The van der Waals surface area contributed by atoms with Crippen LogP contribution in [-0.2, 0) is 22.3 Å². The van der Waals surface area contributed by atoms with Crippen LogP contribution in [0, 0.1) is 13.8 Å². The number of Topliss-reactive ketones (excluding diaryl/α,β-unsaturated/α-hetero) is 1. The number of aromatic nitrogens is 2. The molecule has 0 bridgehead atoms. The van der Waals surface area contributed by atoms with Crippen molar-refractivity contribution in [2.75, 3.05) is 20.3 Å². The number of halogens is 3. The molecule has 2 heterocycles. The number of ether oxygens (including phenoxy) is 1. The van der Waals surface area contributed by atoms with Gasteiger partial charge in [-0.15, -0.1) is 0 Å². The van der Waals surface area contributed by atoms with E-state index in [2.05, 4.69) is 5.10 Å². The van der Waals surface area contributed by atoms with Crippen LogP contribution in [0.3, 0.4) is 0 Å². The second-order valence-electron chi connectivity index (χ2n) is 7.13. The van der Waals surface area contributed by atoms with E-state index in [4.69, 9.17) is 9.15 Å². The molecule has 0 saturated carbocycles. The highest BCUT2D eigenvalue weighted by atomic mass is 19.4. The number of carbonyl (C=O) groups excluding carboxylic acids is 2. The van der Waals surface area contributed by atoms with Gasteiger partial charge in [0.15, 0.2) is 0 Å².